The molecule has 1 aromatic carbocycles. The van der Waals surface area contributed by atoms with Gasteiger partial charge in [0.25, 0.3) is 0 Å². The Balaban J connectivity index is 2.46. The first-order valence-corrected chi connectivity index (χ1v) is 9.64. The van der Waals surface area contributed by atoms with Gasteiger partial charge in [0, 0.05) is 13.0 Å². The number of carbonyl (C=O) groups is 2. The number of carbonyl (C=O) groups excluding carboxylic acids is 2. The zero-order valence-electron chi connectivity index (χ0n) is 15.4. The highest BCUT2D eigenvalue weighted by Crippen LogP contribution is 2.23. The predicted molar refractivity (Wildman–Crippen MR) is 101 cm³/mol. The first-order valence-electron chi connectivity index (χ1n) is 8.82. The summed E-state index contributed by atoms with van der Waals surface area (Å²) in [5.74, 6) is 0.0728. The second-order valence-electron chi connectivity index (χ2n) is 6.23. The van der Waals surface area contributed by atoms with Gasteiger partial charge in [0.1, 0.15) is 0 Å². The minimum Gasteiger partial charge on any atom is -0.466 e. The van der Waals surface area contributed by atoms with Gasteiger partial charge in [-0.1, -0.05) is 38.2 Å². The van der Waals surface area contributed by atoms with Crippen molar-refractivity contribution in [2.45, 2.75) is 59.4 Å². The van der Waals surface area contributed by atoms with E-state index in [1.165, 1.54) is 16.9 Å². The van der Waals surface area contributed by atoms with Crippen LogP contribution in [0.5, 0.6) is 0 Å². The third kappa shape index (κ3) is 5.01. The van der Waals surface area contributed by atoms with Crippen LogP contribution in [-0.2, 0) is 20.9 Å². The number of aromatic nitrogens is 1. The summed E-state index contributed by atoms with van der Waals surface area (Å²) in [6, 6.07) is 6.29. The minimum atomic E-state index is -0.237. The van der Waals surface area contributed by atoms with Crippen LogP contribution >= 0.6 is 11.3 Å². The zero-order valence-corrected chi connectivity index (χ0v) is 16.2. The van der Waals surface area contributed by atoms with E-state index in [1.807, 2.05) is 11.5 Å². The average Bonchev–Trinajstić information content (AvgIpc) is 2.89. The van der Waals surface area contributed by atoms with Crippen molar-refractivity contribution in [2.24, 2.45) is 4.99 Å². The number of fused-ring (bicyclic) bond motifs is 1. The summed E-state index contributed by atoms with van der Waals surface area (Å²) in [4.78, 5) is 28.6. The van der Waals surface area contributed by atoms with E-state index in [9.17, 15) is 9.59 Å². The molecule has 136 valence electrons. The van der Waals surface area contributed by atoms with Gasteiger partial charge in [-0.25, -0.2) is 0 Å². The van der Waals surface area contributed by atoms with Crippen molar-refractivity contribution in [3.8, 4) is 0 Å². The highest BCUT2D eigenvalue weighted by Gasteiger charge is 2.11. The van der Waals surface area contributed by atoms with E-state index >= 15 is 0 Å². The van der Waals surface area contributed by atoms with Gasteiger partial charge in [0.15, 0.2) is 4.80 Å². The van der Waals surface area contributed by atoms with Crippen molar-refractivity contribution in [2.75, 3.05) is 6.61 Å². The lowest BCUT2D eigenvalue weighted by molar-refractivity contribution is -0.143. The summed E-state index contributed by atoms with van der Waals surface area (Å²) >= 11 is 1.50. The smallest absolute Gasteiger partial charge is 0.307 e. The van der Waals surface area contributed by atoms with Crippen LogP contribution in [0.25, 0.3) is 10.2 Å². The van der Waals surface area contributed by atoms with Crippen LogP contribution in [0, 0.1) is 0 Å². The number of nitrogens with zero attached hydrogens (tertiary/aromatic N) is 2. The molecule has 0 saturated heterocycles. The second kappa shape index (κ2) is 8.94. The third-order valence-corrected chi connectivity index (χ3v) is 4.94. The molecule has 6 heteroatoms. The maximum Gasteiger partial charge on any atom is 0.307 e. The van der Waals surface area contributed by atoms with Gasteiger partial charge in [-0.2, -0.15) is 4.99 Å². The van der Waals surface area contributed by atoms with Crippen molar-refractivity contribution >= 4 is 33.4 Å². The number of hydrogen-bond acceptors (Lipinski definition) is 4. The molecule has 1 heterocycles. The Bertz CT molecular complexity index is 818. The molecule has 0 aliphatic rings. The van der Waals surface area contributed by atoms with Crippen LogP contribution in [0.4, 0.5) is 0 Å². The lowest BCUT2D eigenvalue weighted by Crippen LogP contribution is -2.19. The summed E-state index contributed by atoms with van der Waals surface area (Å²) in [6.07, 6.45) is 1.47. The maximum absolute atomic E-state index is 12.0. The molecule has 0 unspecified atom stereocenters. The predicted octanol–water partition coefficient (Wildman–Crippen LogP) is 4.01. The summed E-state index contributed by atoms with van der Waals surface area (Å²) in [5.41, 5.74) is 2.25. The van der Waals surface area contributed by atoms with Crippen LogP contribution in [0.15, 0.2) is 23.2 Å². The van der Waals surface area contributed by atoms with Crippen molar-refractivity contribution in [1.29, 1.82) is 0 Å². The van der Waals surface area contributed by atoms with Crippen molar-refractivity contribution in [3.63, 3.8) is 0 Å². The van der Waals surface area contributed by atoms with Gasteiger partial charge < -0.3 is 9.30 Å². The van der Waals surface area contributed by atoms with Crippen LogP contribution < -0.4 is 4.80 Å². The van der Waals surface area contributed by atoms with E-state index < -0.39 is 0 Å². The fraction of sp³-hybridized carbons (Fsp3) is 0.526. The Morgan fingerprint density at radius 1 is 1.24 bits per heavy atom. The molecule has 5 nitrogen and oxygen atoms in total. The van der Waals surface area contributed by atoms with E-state index in [4.69, 9.17) is 4.74 Å². The first-order chi connectivity index (χ1) is 12.0. The molecule has 0 atom stereocenters. The van der Waals surface area contributed by atoms with Crippen LogP contribution in [0.1, 0.15) is 58.4 Å². The summed E-state index contributed by atoms with van der Waals surface area (Å²) < 4.78 is 8.05. The molecule has 1 amide bonds. The van der Waals surface area contributed by atoms with Gasteiger partial charge in [-0.05, 0) is 37.0 Å². The van der Waals surface area contributed by atoms with E-state index in [0.29, 0.717) is 30.3 Å². The number of rotatable bonds is 7. The quantitative estimate of drug-likeness (QED) is 0.699. The Kier molecular flexibility index (Phi) is 6.93. The van der Waals surface area contributed by atoms with Crippen molar-refractivity contribution in [3.05, 3.63) is 28.6 Å². The van der Waals surface area contributed by atoms with Gasteiger partial charge in [-0.3, -0.25) is 9.59 Å². The lowest BCUT2D eigenvalue weighted by Gasteiger charge is -2.07. The normalized spacial score (nSPS) is 12.1. The summed E-state index contributed by atoms with van der Waals surface area (Å²) in [6.45, 7) is 8.89. The fourth-order valence-corrected chi connectivity index (χ4v) is 3.68. The van der Waals surface area contributed by atoms with E-state index in [0.717, 1.165) is 16.6 Å². The standard InChI is InChI=1S/C19H26N2O3S/c1-5-7-17(22)20-19-21(11-10-18(23)24-6-2)15-9-8-14(13(3)4)12-16(15)25-19/h8-9,12-13H,5-7,10-11H2,1-4H3. The monoisotopic (exact) mass is 362 g/mol. The zero-order chi connectivity index (χ0) is 18.4. The Morgan fingerprint density at radius 2 is 2.00 bits per heavy atom. The van der Waals surface area contributed by atoms with Crippen LogP contribution in [0.2, 0.25) is 0 Å². The molecule has 0 fully saturated rings. The number of hydrogen-bond donors (Lipinski definition) is 0. The maximum atomic E-state index is 12.0. The molecular formula is C19H26N2O3S. The largest absolute Gasteiger partial charge is 0.466 e. The molecular weight excluding hydrogens is 336 g/mol. The van der Waals surface area contributed by atoms with Crippen LogP contribution in [-0.4, -0.2) is 23.1 Å². The molecule has 0 N–H and O–H groups in total. The second-order valence-corrected chi connectivity index (χ2v) is 7.24. The van der Waals surface area contributed by atoms with Crippen molar-refractivity contribution in [1.82, 2.24) is 4.57 Å². The number of thiazole rings is 1. The molecule has 0 bridgehead atoms. The first kappa shape index (κ1) is 19.4. The van der Waals surface area contributed by atoms with E-state index in [2.05, 4.69) is 37.0 Å². The molecule has 1 aromatic heterocycles. The van der Waals surface area contributed by atoms with Gasteiger partial charge in [-0.15, -0.1) is 0 Å². The van der Waals surface area contributed by atoms with Gasteiger partial charge >= 0.3 is 5.97 Å². The minimum absolute atomic E-state index is 0.122. The lowest BCUT2D eigenvalue weighted by atomic mass is 10.0. The molecule has 25 heavy (non-hydrogen) atoms. The number of amides is 1. The number of aryl methyl sites for hydroxylation is 1. The van der Waals surface area contributed by atoms with Crippen LogP contribution in [0.3, 0.4) is 0 Å². The molecule has 0 saturated carbocycles. The molecule has 0 radical (unpaired) electrons. The van der Waals surface area contributed by atoms with Crippen molar-refractivity contribution < 1.29 is 14.3 Å². The van der Waals surface area contributed by atoms with E-state index in [1.54, 1.807) is 6.92 Å². The highest BCUT2D eigenvalue weighted by molar-refractivity contribution is 7.16. The van der Waals surface area contributed by atoms with E-state index in [-0.39, 0.29) is 18.3 Å². The molecule has 2 aromatic rings. The topological polar surface area (TPSA) is 60.7 Å². The molecule has 0 spiro atoms. The Morgan fingerprint density at radius 3 is 2.64 bits per heavy atom. The molecule has 2 rings (SSSR count). The van der Waals surface area contributed by atoms with Gasteiger partial charge in [0.2, 0.25) is 5.91 Å². The van der Waals surface area contributed by atoms with Gasteiger partial charge in [0.05, 0.1) is 23.2 Å². The highest BCUT2D eigenvalue weighted by atomic mass is 32.1. The Hall–Kier alpha value is -1.95. The fourth-order valence-electron chi connectivity index (χ4n) is 2.56. The number of ether oxygens (including phenoxy) is 1. The third-order valence-electron chi connectivity index (χ3n) is 3.90. The summed E-state index contributed by atoms with van der Waals surface area (Å²) in [7, 11) is 0. The summed E-state index contributed by atoms with van der Waals surface area (Å²) in [5, 5.41) is 0. The number of esters is 1. The molecule has 0 aliphatic heterocycles. The number of benzene rings is 1. The Labute approximate surface area is 152 Å². The SMILES string of the molecule is CCCC(=O)N=c1sc2cc(C(C)C)ccc2n1CCC(=O)OCC. The molecule has 0 aliphatic carbocycles. The average molecular weight is 362 g/mol.